The lowest BCUT2D eigenvalue weighted by atomic mass is 10.2. The van der Waals surface area contributed by atoms with E-state index in [1.165, 1.54) is 16.7 Å². The Hall–Kier alpha value is -1.99. The minimum atomic E-state index is -0.340. The maximum atomic E-state index is 13.2. The summed E-state index contributed by atoms with van der Waals surface area (Å²) in [6.07, 6.45) is 2.70. The molecule has 9 heteroatoms. The zero-order valence-electron chi connectivity index (χ0n) is 15.6. The van der Waals surface area contributed by atoms with E-state index in [4.69, 9.17) is 34.8 Å². The maximum Gasteiger partial charge on any atom is 0.283 e. The minimum absolute atomic E-state index is 0.0219. The van der Waals surface area contributed by atoms with Crippen LogP contribution in [0.3, 0.4) is 0 Å². The van der Waals surface area contributed by atoms with Crippen LogP contribution >= 0.6 is 46.6 Å². The quantitative estimate of drug-likeness (QED) is 0.554. The number of amides is 2. The number of halogens is 3. The third-order valence-electron chi connectivity index (χ3n) is 4.71. The van der Waals surface area contributed by atoms with E-state index >= 15 is 0 Å². The van der Waals surface area contributed by atoms with Gasteiger partial charge < -0.3 is 4.90 Å². The molecule has 30 heavy (non-hydrogen) atoms. The van der Waals surface area contributed by atoms with Gasteiger partial charge >= 0.3 is 0 Å². The van der Waals surface area contributed by atoms with Gasteiger partial charge in [0.1, 0.15) is 5.70 Å². The molecule has 0 aromatic heterocycles. The Morgan fingerprint density at radius 3 is 2.50 bits per heavy atom. The molecule has 5 nitrogen and oxygen atoms in total. The van der Waals surface area contributed by atoms with Crippen LogP contribution in [-0.2, 0) is 9.59 Å². The largest absolute Gasteiger partial charge is 0.342 e. The number of anilines is 1. The van der Waals surface area contributed by atoms with Crippen LogP contribution in [0.2, 0.25) is 15.1 Å². The molecule has 154 valence electrons. The SMILES string of the molecule is O=C(CSC1=N/C(=C\c2ccc(Cl)cc2)C(=O)N1c1cccc(Cl)c1Cl)N1CCC1. The van der Waals surface area contributed by atoms with Gasteiger partial charge in [-0.2, -0.15) is 0 Å². The molecule has 0 aliphatic carbocycles. The second-order valence-corrected chi connectivity index (χ2v) is 8.88. The minimum Gasteiger partial charge on any atom is -0.342 e. The first-order chi connectivity index (χ1) is 14.4. The number of amidine groups is 1. The lowest BCUT2D eigenvalue weighted by molar-refractivity contribution is -0.131. The van der Waals surface area contributed by atoms with Gasteiger partial charge in [0.2, 0.25) is 5.91 Å². The summed E-state index contributed by atoms with van der Waals surface area (Å²) in [5, 5.41) is 1.57. The number of nitrogens with zero attached hydrogens (tertiary/aromatic N) is 3. The topological polar surface area (TPSA) is 53.0 Å². The van der Waals surface area contributed by atoms with Gasteiger partial charge in [-0.25, -0.2) is 4.99 Å². The van der Waals surface area contributed by atoms with Crippen molar-refractivity contribution in [3.05, 3.63) is 68.8 Å². The molecule has 2 aliphatic rings. The molecule has 0 atom stereocenters. The molecule has 0 unspecified atom stereocenters. The molecule has 2 aliphatic heterocycles. The summed E-state index contributed by atoms with van der Waals surface area (Å²) in [7, 11) is 0. The zero-order chi connectivity index (χ0) is 21.3. The molecular weight excluding hydrogens is 465 g/mol. The number of aliphatic imine (C=N–C) groups is 1. The number of thioether (sulfide) groups is 1. The lowest BCUT2D eigenvalue weighted by Gasteiger charge is -2.31. The molecule has 2 amide bonds. The molecule has 0 bridgehead atoms. The van der Waals surface area contributed by atoms with Gasteiger partial charge in [0.15, 0.2) is 5.17 Å². The van der Waals surface area contributed by atoms with Crippen molar-refractivity contribution >= 4 is 75.3 Å². The summed E-state index contributed by atoms with van der Waals surface area (Å²) in [6, 6.07) is 12.1. The van der Waals surface area contributed by atoms with E-state index in [2.05, 4.69) is 4.99 Å². The second-order valence-electron chi connectivity index (χ2n) is 6.71. The summed E-state index contributed by atoms with van der Waals surface area (Å²) in [4.78, 5) is 33.2. The van der Waals surface area contributed by atoms with Crippen molar-refractivity contribution in [2.45, 2.75) is 6.42 Å². The number of carbonyl (C=O) groups is 2. The fourth-order valence-electron chi connectivity index (χ4n) is 2.97. The molecular formula is C21H16Cl3N3O2S. The van der Waals surface area contributed by atoms with Crippen LogP contribution in [0, 0.1) is 0 Å². The van der Waals surface area contributed by atoms with E-state index in [1.807, 2.05) is 0 Å². The normalized spacial score (nSPS) is 17.4. The van der Waals surface area contributed by atoms with Crippen LogP contribution in [0.25, 0.3) is 6.08 Å². The van der Waals surface area contributed by atoms with E-state index < -0.39 is 0 Å². The predicted molar refractivity (Wildman–Crippen MR) is 124 cm³/mol. The van der Waals surface area contributed by atoms with Crippen LogP contribution < -0.4 is 4.90 Å². The van der Waals surface area contributed by atoms with Gasteiger partial charge in [0.25, 0.3) is 5.91 Å². The van der Waals surface area contributed by atoms with Gasteiger partial charge in [0, 0.05) is 18.1 Å². The van der Waals surface area contributed by atoms with Crippen molar-refractivity contribution in [3.8, 4) is 0 Å². The summed E-state index contributed by atoms with van der Waals surface area (Å²) < 4.78 is 0. The average Bonchev–Trinajstić information content (AvgIpc) is 2.98. The molecule has 2 aromatic rings. The van der Waals surface area contributed by atoms with E-state index in [0.29, 0.717) is 20.9 Å². The van der Waals surface area contributed by atoms with Gasteiger partial charge in [-0.3, -0.25) is 14.5 Å². The third-order valence-corrected chi connectivity index (χ3v) is 6.69. The second kappa shape index (κ2) is 9.02. The molecule has 0 spiro atoms. The van der Waals surface area contributed by atoms with Crippen molar-refractivity contribution < 1.29 is 9.59 Å². The molecule has 1 saturated heterocycles. The highest BCUT2D eigenvalue weighted by molar-refractivity contribution is 8.14. The van der Waals surface area contributed by atoms with Crippen molar-refractivity contribution in [2.75, 3.05) is 23.7 Å². The van der Waals surface area contributed by atoms with E-state index in [9.17, 15) is 9.59 Å². The number of likely N-dealkylation sites (tertiary alicyclic amines) is 1. The number of benzene rings is 2. The van der Waals surface area contributed by atoms with Crippen molar-refractivity contribution in [3.63, 3.8) is 0 Å². The summed E-state index contributed by atoms with van der Waals surface area (Å²) in [6.45, 7) is 1.55. The van der Waals surface area contributed by atoms with Gasteiger partial charge in [0.05, 0.1) is 21.5 Å². The van der Waals surface area contributed by atoms with Crippen LogP contribution in [0.4, 0.5) is 5.69 Å². The van der Waals surface area contributed by atoms with Crippen LogP contribution in [0.5, 0.6) is 0 Å². The number of hydrogen-bond donors (Lipinski definition) is 0. The van der Waals surface area contributed by atoms with E-state index in [1.54, 1.807) is 53.4 Å². The van der Waals surface area contributed by atoms with Crippen LogP contribution in [0.1, 0.15) is 12.0 Å². The smallest absolute Gasteiger partial charge is 0.283 e. The predicted octanol–water partition coefficient (Wildman–Crippen LogP) is 5.36. The van der Waals surface area contributed by atoms with Gasteiger partial charge in [-0.15, -0.1) is 0 Å². The molecule has 0 radical (unpaired) electrons. The highest BCUT2D eigenvalue weighted by atomic mass is 35.5. The van der Waals surface area contributed by atoms with Crippen LogP contribution in [0.15, 0.2) is 53.2 Å². The van der Waals surface area contributed by atoms with E-state index in [-0.39, 0.29) is 28.3 Å². The number of rotatable bonds is 4. The summed E-state index contributed by atoms with van der Waals surface area (Å²) >= 11 is 19.7. The Kier molecular flexibility index (Phi) is 6.39. The molecule has 4 rings (SSSR count). The highest BCUT2D eigenvalue weighted by Crippen LogP contribution is 2.37. The highest BCUT2D eigenvalue weighted by Gasteiger charge is 2.34. The Balaban J connectivity index is 1.66. The lowest BCUT2D eigenvalue weighted by Crippen LogP contribution is -2.43. The first-order valence-electron chi connectivity index (χ1n) is 9.19. The first kappa shape index (κ1) is 21.2. The Morgan fingerprint density at radius 1 is 1.10 bits per heavy atom. The third kappa shape index (κ3) is 4.37. The fraction of sp³-hybridized carbons (Fsp3) is 0.190. The molecule has 2 heterocycles. The Bertz CT molecular complexity index is 1070. The molecule has 0 saturated carbocycles. The standard InChI is InChI=1S/C21H16Cl3N3O2S/c22-14-7-5-13(6-8-14)11-16-20(29)27(17-4-1-3-15(23)19(17)24)21(25-16)30-12-18(28)26-9-2-10-26/h1,3-8,11H,2,9-10,12H2/b16-11-. The van der Waals surface area contributed by atoms with Crippen LogP contribution in [-0.4, -0.2) is 40.7 Å². The van der Waals surface area contributed by atoms with Crippen molar-refractivity contribution in [1.82, 2.24) is 4.90 Å². The fourth-order valence-corrected chi connectivity index (χ4v) is 4.39. The van der Waals surface area contributed by atoms with E-state index in [0.717, 1.165) is 25.1 Å². The maximum absolute atomic E-state index is 13.2. The summed E-state index contributed by atoms with van der Waals surface area (Å²) in [5.74, 6) is -0.128. The monoisotopic (exact) mass is 479 g/mol. The number of carbonyl (C=O) groups excluding carboxylic acids is 2. The van der Waals surface area contributed by atoms with Crippen molar-refractivity contribution in [1.29, 1.82) is 0 Å². The van der Waals surface area contributed by atoms with Gasteiger partial charge in [-0.05, 0) is 42.3 Å². The molecule has 1 fully saturated rings. The number of hydrogen-bond acceptors (Lipinski definition) is 4. The molecule has 0 N–H and O–H groups in total. The summed E-state index contributed by atoms with van der Waals surface area (Å²) in [5.41, 5.74) is 1.45. The zero-order valence-corrected chi connectivity index (χ0v) is 18.7. The molecule has 2 aromatic carbocycles. The van der Waals surface area contributed by atoms with Gasteiger partial charge in [-0.1, -0.05) is 64.8 Å². The Morgan fingerprint density at radius 2 is 1.83 bits per heavy atom. The Labute approximate surface area is 193 Å². The first-order valence-corrected chi connectivity index (χ1v) is 11.3. The van der Waals surface area contributed by atoms with Crippen molar-refractivity contribution in [2.24, 2.45) is 4.99 Å². The average molecular weight is 481 g/mol.